The van der Waals surface area contributed by atoms with E-state index in [1.54, 1.807) is 12.1 Å². The topological polar surface area (TPSA) is 12.0 Å². The minimum atomic E-state index is -4.25. The second-order valence-electron chi connectivity index (χ2n) is 5.28. The summed E-state index contributed by atoms with van der Waals surface area (Å²) >= 11 is 0. The monoisotopic (exact) mass is 271 g/mol. The van der Waals surface area contributed by atoms with Crippen LogP contribution in [-0.2, 0) is 12.7 Å². The van der Waals surface area contributed by atoms with Crippen LogP contribution >= 0.6 is 0 Å². The fourth-order valence-corrected chi connectivity index (χ4v) is 2.85. The van der Waals surface area contributed by atoms with Crippen molar-refractivity contribution < 1.29 is 13.2 Å². The average molecular weight is 271 g/mol. The lowest BCUT2D eigenvalue weighted by atomic mass is 10.0. The zero-order valence-electron chi connectivity index (χ0n) is 11.1. The molecule has 2 atom stereocenters. The quantitative estimate of drug-likeness (QED) is 0.857. The van der Waals surface area contributed by atoms with Gasteiger partial charge in [0.05, 0.1) is 5.56 Å². The molecule has 1 aliphatic carbocycles. The first kappa shape index (κ1) is 14.4. The van der Waals surface area contributed by atoms with Crippen molar-refractivity contribution >= 4 is 0 Å². The lowest BCUT2D eigenvalue weighted by Crippen LogP contribution is -2.31. The molecule has 1 N–H and O–H groups in total. The summed E-state index contributed by atoms with van der Waals surface area (Å²) in [5, 5.41) is 3.48. The van der Waals surface area contributed by atoms with Crippen molar-refractivity contribution in [1.29, 1.82) is 0 Å². The highest BCUT2D eigenvalue weighted by Gasteiger charge is 2.30. The van der Waals surface area contributed by atoms with Gasteiger partial charge in [0, 0.05) is 12.6 Å². The van der Waals surface area contributed by atoms with Gasteiger partial charge >= 0.3 is 6.18 Å². The summed E-state index contributed by atoms with van der Waals surface area (Å²) in [5.41, 5.74) is 0.332. The Bertz CT molecular complexity index is 397. The number of hydrogen-bond donors (Lipinski definition) is 1. The average Bonchev–Trinajstić information content (AvgIpc) is 2.83. The summed E-state index contributed by atoms with van der Waals surface area (Å²) in [6.45, 7) is 2.85. The fraction of sp³-hybridized carbons (Fsp3) is 0.600. The van der Waals surface area contributed by atoms with Gasteiger partial charge in [-0.05, 0) is 36.5 Å². The third-order valence-corrected chi connectivity index (χ3v) is 4.03. The molecule has 1 aromatic carbocycles. The molecule has 1 fully saturated rings. The van der Waals surface area contributed by atoms with Crippen LogP contribution in [0.15, 0.2) is 24.3 Å². The number of hydrogen-bond acceptors (Lipinski definition) is 1. The first-order chi connectivity index (χ1) is 9.00. The number of benzene rings is 1. The van der Waals surface area contributed by atoms with Gasteiger partial charge in [0.1, 0.15) is 0 Å². The summed E-state index contributed by atoms with van der Waals surface area (Å²) in [6, 6.07) is 5.95. The van der Waals surface area contributed by atoms with E-state index in [0.29, 0.717) is 12.6 Å². The van der Waals surface area contributed by atoms with Crippen LogP contribution in [-0.4, -0.2) is 6.04 Å². The third-order valence-electron chi connectivity index (χ3n) is 4.03. The Hall–Kier alpha value is -1.03. The van der Waals surface area contributed by atoms with E-state index < -0.39 is 11.7 Å². The standard InChI is InChI=1S/C15H20F3N/c1-2-12-4-3-5-14(12)19-10-11-6-8-13(9-7-11)15(16,17)18/h6-9,12,14,19H,2-5,10H2,1H3. The number of rotatable bonds is 4. The molecule has 4 heteroatoms. The first-order valence-electron chi connectivity index (χ1n) is 6.90. The summed E-state index contributed by atoms with van der Waals surface area (Å²) in [6.07, 6.45) is 0.624. The van der Waals surface area contributed by atoms with Crippen molar-refractivity contribution in [2.75, 3.05) is 0 Å². The highest BCUT2D eigenvalue weighted by molar-refractivity contribution is 5.24. The molecule has 0 amide bonds. The summed E-state index contributed by atoms with van der Waals surface area (Å²) in [5.74, 6) is 0.717. The second-order valence-corrected chi connectivity index (χ2v) is 5.28. The van der Waals surface area contributed by atoms with Gasteiger partial charge in [0.15, 0.2) is 0 Å². The number of alkyl halides is 3. The smallest absolute Gasteiger partial charge is 0.310 e. The van der Waals surface area contributed by atoms with Crippen LogP contribution in [0.2, 0.25) is 0 Å². The predicted molar refractivity (Wildman–Crippen MR) is 69.7 cm³/mol. The molecule has 1 saturated carbocycles. The summed E-state index contributed by atoms with van der Waals surface area (Å²) in [4.78, 5) is 0. The Morgan fingerprint density at radius 2 is 1.84 bits per heavy atom. The zero-order valence-corrected chi connectivity index (χ0v) is 11.1. The van der Waals surface area contributed by atoms with Crippen molar-refractivity contribution in [3.05, 3.63) is 35.4 Å². The van der Waals surface area contributed by atoms with Crippen LogP contribution in [0.5, 0.6) is 0 Å². The molecule has 0 radical (unpaired) electrons. The number of halogens is 3. The van der Waals surface area contributed by atoms with E-state index in [1.165, 1.54) is 25.7 Å². The van der Waals surface area contributed by atoms with Crippen molar-refractivity contribution in [3.8, 4) is 0 Å². The Balaban J connectivity index is 1.90. The lowest BCUT2D eigenvalue weighted by molar-refractivity contribution is -0.137. The van der Waals surface area contributed by atoms with Crippen molar-refractivity contribution in [2.24, 2.45) is 5.92 Å². The third kappa shape index (κ3) is 3.72. The van der Waals surface area contributed by atoms with Gasteiger partial charge < -0.3 is 5.32 Å². The van der Waals surface area contributed by atoms with Gasteiger partial charge in [-0.1, -0.05) is 31.9 Å². The molecule has 0 aromatic heterocycles. The van der Waals surface area contributed by atoms with E-state index in [-0.39, 0.29) is 0 Å². The van der Waals surface area contributed by atoms with Crippen molar-refractivity contribution in [3.63, 3.8) is 0 Å². The van der Waals surface area contributed by atoms with Gasteiger partial charge in [-0.15, -0.1) is 0 Å². The molecular weight excluding hydrogens is 251 g/mol. The van der Waals surface area contributed by atoms with E-state index in [2.05, 4.69) is 12.2 Å². The Morgan fingerprint density at radius 3 is 2.42 bits per heavy atom. The molecule has 0 aliphatic heterocycles. The van der Waals surface area contributed by atoms with Crippen LogP contribution < -0.4 is 5.32 Å². The molecule has 0 heterocycles. The Kier molecular flexibility index (Phi) is 4.50. The van der Waals surface area contributed by atoms with Crippen LogP contribution in [0.25, 0.3) is 0 Å². The second kappa shape index (κ2) is 5.95. The lowest BCUT2D eigenvalue weighted by Gasteiger charge is -2.19. The summed E-state index contributed by atoms with van der Waals surface area (Å²) in [7, 11) is 0. The van der Waals surface area contributed by atoms with Gasteiger partial charge in [-0.25, -0.2) is 0 Å². The summed E-state index contributed by atoms with van der Waals surface area (Å²) < 4.78 is 37.3. The van der Waals surface area contributed by atoms with Gasteiger partial charge in [0.25, 0.3) is 0 Å². The molecule has 1 nitrogen and oxygen atoms in total. The zero-order chi connectivity index (χ0) is 13.9. The maximum atomic E-state index is 12.4. The highest BCUT2D eigenvalue weighted by atomic mass is 19.4. The largest absolute Gasteiger partial charge is 0.416 e. The molecule has 1 aromatic rings. The number of nitrogens with one attached hydrogen (secondary N) is 1. The van der Waals surface area contributed by atoms with Crippen LogP contribution in [0.1, 0.15) is 43.7 Å². The van der Waals surface area contributed by atoms with E-state index in [1.807, 2.05) is 0 Å². The van der Waals surface area contributed by atoms with Gasteiger partial charge in [-0.3, -0.25) is 0 Å². The normalized spacial score (nSPS) is 23.8. The molecule has 0 bridgehead atoms. The van der Waals surface area contributed by atoms with E-state index in [0.717, 1.165) is 23.6 Å². The molecule has 106 valence electrons. The molecular formula is C15H20F3N. The Labute approximate surface area is 112 Å². The van der Waals surface area contributed by atoms with Crippen LogP contribution in [0.3, 0.4) is 0 Å². The molecule has 2 rings (SSSR count). The first-order valence-corrected chi connectivity index (χ1v) is 6.90. The minimum Gasteiger partial charge on any atom is -0.310 e. The Morgan fingerprint density at radius 1 is 1.16 bits per heavy atom. The van der Waals surface area contributed by atoms with Gasteiger partial charge in [0.2, 0.25) is 0 Å². The van der Waals surface area contributed by atoms with Crippen molar-refractivity contribution in [1.82, 2.24) is 5.32 Å². The van der Waals surface area contributed by atoms with Gasteiger partial charge in [-0.2, -0.15) is 13.2 Å². The van der Waals surface area contributed by atoms with E-state index >= 15 is 0 Å². The molecule has 1 aliphatic rings. The van der Waals surface area contributed by atoms with E-state index in [4.69, 9.17) is 0 Å². The molecule has 0 spiro atoms. The fourth-order valence-electron chi connectivity index (χ4n) is 2.85. The van der Waals surface area contributed by atoms with Crippen LogP contribution in [0.4, 0.5) is 13.2 Å². The maximum absolute atomic E-state index is 12.4. The molecule has 19 heavy (non-hydrogen) atoms. The highest BCUT2D eigenvalue weighted by Crippen LogP contribution is 2.30. The molecule has 2 unspecified atom stereocenters. The maximum Gasteiger partial charge on any atom is 0.416 e. The SMILES string of the molecule is CCC1CCCC1NCc1ccc(C(F)(F)F)cc1. The van der Waals surface area contributed by atoms with Crippen molar-refractivity contribution in [2.45, 2.75) is 51.4 Å². The van der Waals surface area contributed by atoms with Crippen LogP contribution in [0, 0.1) is 5.92 Å². The minimum absolute atomic E-state index is 0.521. The van der Waals surface area contributed by atoms with E-state index in [9.17, 15) is 13.2 Å². The predicted octanol–water partition coefficient (Wildman–Crippen LogP) is 4.37. The molecule has 0 saturated heterocycles.